The van der Waals surface area contributed by atoms with Crippen LogP contribution in [-0.2, 0) is 0 Å². The number of hydrogen-bond acceptors (Lipinski definition) is 2. The van der Waals surface area contributed by atoms with Crippen LogP contribution in [0.4, 0.5) is 0 Å². The van der Waals surface area contributed by atoms with E-state index in [-0.39, 0.29) is 5.91 Å². The highest BCUT2D eigenvalue weighted by molar-refractivity contribution is 9.10. The smallest absolute Gasteiger partial charge is 0.267 e. The van der Waals surface area contributed by atoms with Crippen LogP contribution < -0.4 is 5.43 Å². The van der Waals surface area contributed by atoms with Crippen molar-refractivity contribution in [3.8, 4) is 0 Å². The molecule has 0 radical (unpaired) electrons. The van der Waals surface area contributed by atoms with Gasteiger partial charge in [0.25, 0.3) is 5.91 Å². The third-order valence-electron chi connectivity index (χ3n) is 3.93. The molecule has 2 atom stereocenters. The molecule has 0 aromatic heterocycles. The first-order valence-corrected chi connectivity index (χ1v) is 7.14. The van der Waals surface area contributed by atoms with Crippen molar-refractivity contribution < 1.29 is 4.79 Å². The lowest BCUT2D eigenvalue weighted by atomic mass is 9.99. The summed E-state index contributed by atoms with van der Waals surface area (Å²) >= 11 is 3.37. The van der Waals surface area contributed by atoms with E-state index < -0.39 is 0 Å². The van der Waals surface area contributed by atoms with Gasteiger partial charge in [-0.15, -0.1) is 0 Å². The van der Waals surface area contributed by atoms with Crippen molar-refractivity contribution in [3.63, 3.8) is 0 Å². The van der Waals surface area contributed by atoms with Crippen LogP contribution in [0.25, 0.3) is 0 Å². The molecule has 3 nitrogen and oxygen atoms in total. The molecule has 1 aromatic rings. The Kier molecular flexibility index (Phi) is 3.20. The molecule has 2 fully saturated rings. The summed E-state index contributed by atoms with van der Waals surface area (Å²) < 4.78 is 0.802. The Balaban J connectivity index is 1.69. The molecule has 0 aliphatic heterocycles. The number of amides is 1. The second-order valence-electron chi connectivity index (χ2n) is 5.10. The predicted octanol–water partition coefficient (Wildman–Crippen LogP) is 3.35. The van der Waals surface area contributed by atoms with Crippen LogP contribution in [0, 0.1) is 11.8 Å². The van der Waals surface area contributed by atoms with Crippen LogP contribution in [0.1, 0.15) is 36.0 Å². The molecule has 3 rings (SSSR count). The molecule has 1 amide bonds. The summed E-state index contributed by atoms with van der Waals surface area (Å²) in [6.07, 6.45) is 4.92. The molecule has 1 aromatic carbocycles. The Bertz CT molecular complexity index is 512. The number of hydrogen-bond donors (Lipinski definition) is 1. The quantitative estimate of drug-likeness (QED) is 0.836. The fraction of sp³-hybridized carbons (Fsp3) is 0.429. The van der Waals surface area contributed by atoms with Gasteiger partial charge in [-0.05, 0) is 65.6 Å². The minimum atomic E-state index is -0.141. The van der Waals surface area contributed by atoms with Gasteiger partial charge in [0.15, 0.2) is 0 Å². The highest BCUT2D eigenvalue weighted by Crippen LogP contribution is 2.42. The zero-order valence-corrected chi connectivity index (χ0v) is 11.6. The SMILES string of the molecule is O=C(NN=C1CC2CCC1C2)c1ccccc1Br. The molecular weight excluding hydrogens is 292 g/mol. The Morgan fingerprint density at radius 3 is 2.83 bits per heavy atom. The molecule has 0 spiro atoms. The molecular formula is C14H15BrN2O. The fourth-order valence-electron chi connectivity index (χ4n) is 2.99. The van der Waals surface area contributed by atoms with Crippen molar-refractivity contribution in [2.45, 2.75) is 25.7 Å². The molecule has 1 N–H and O–H groups in total. The average Bonchev–Trinajstić information content (AvgIpc) is 2.98. The Morgan fingerprint density at radius 1 is 1.33 bits per heavy atom. The van der Waals surface area contributed by atoms with Crippen molar-refractivity contribution in [1.29, 1.82) is 0 Å². The van der Waals surface area contributed by atoms with Gasteiger partial charge in [-0.3, -0.25) is 4.79 Å². The number of nitrogens with zero attached hydrogens (tertiary/aromatic N) is 1. The largest absolute Gasteiger partial charge is 0.272 e. The number of halogens is 1. The van der Waals surface area contributed by atoms with Crippen molar-refractivity contribution in [2.24, 2.45) is 16.9 Å². The van der Waals surface area contributed by atoms with E-state index in [1.54, 1.807) is 6.07 Å². The molecule has 2 unspecified atom stereocenters. The highest BCUT2D eigenvalue weighted by Gasteiger charge is 2.36. The number of benzene rings is 1. The molecule has 2 saturated carbocycles. The van der Waals surface area contributed by atoms with E-state index in [1.807, 2.05) is 18.2 Å². The Hall–Kier alpha value is -1.16. The third-order valence-corrected chi connectivity index (χ3v) is 4.62. The number of fused-ring (bicyclic) bond motifs is 2. The number of carbonyl (C=O) groups is 1. The van der Waals surface area contributed by atoms with E-state index >= 15 is 0 Å². The van der Waals surface area contributed by atoms with Crippen LogP contribution in [0.5, 0.6) is 0 Å². The van der Waals surface area contributed by atoms with Crippen molar-refractivity contribution in [3.05, 3.63) is 34.3 Å². The van der Waals surface area contributed by atoms with Gasteiger partial charge >= 0.3 is 0 Å². The van der Waals surface area contributed by atoms with Crippen LogP contribution >= 0.6 is 15.9 Å². The van der Waals surface area contributed by atoms with E-state index in [1.165, 1.54) is 25.0 Å². The van der Waals surface area contributed by atoms with Gasteiger partial charge in [0.2, 0.25) is 0 Å². The lowest BCUT2D eigenvalue weighted by Gasteiger charge is -2.11. The van der Waals surface area contributed by atoms with Gasteiger partial charge in [-0.1, -0.05) is 12.1 Å². The van der Waals surface area contributed by atoms with E-state index in [9.17, 15) is 4.79 Å². The highest BCUT2D eigenvalue weighted by atomic mass is 79.9. The van der Waals surface area contributed by atoms with Gasteiger partial charge in [-0.25, -0.2) is 5.43 Å². The van der Waals surface area contributed by atoms with Crippen LogP contribution in [0.15, 0.2) is 33.8 Å². The van der Waals surface area contributed by atoms with E-state index in [2.05, 4.69) is 26.5 Å². The molecule has 2 bridgehead atoms. The van der Waals surface area contributed by atoms with Crippen molar-refractivity contribution >= 4 is 27.5 Å². The number of rotatable bonds is 2. The fourth-order valence-corrected chi connectivity index (χ4v) is 3.46. The number of carbonyl (C=O) groups excluding carboxylic acids is 1. The summed E-state index contributed by atoms with van der Waals surface area (Å²) in [6.45, 7) is 0. The molecule has 2 aliphatic carbocycles. The molecule has 0 heterocycles. The maximum Gasteiger partial charge on any atom is 0.272 e. The number of hydrazone groups is 1. The lowest BCUT2D eigenvalue weighted by molar-refractivity contribution is 0.0953. The van der Waals surface area contributed by atoms with Crippen LogP contribution in [-0.4, -0.2) is 11.6 Å². The van der Waals surface area contributed by atoms with Crippen LogP contribution in [0.2, 0.25) is 0 Å². The minimum Gasteiger partial charge on any atom is -0.267 e. The van der Waals surface area contributed by atoms with Crippen LogP contribution in [0.3, 0.4) is 0 Å². The average molecular weight is 307 g/mol. The molecule has 0 saturated heterocycles. The normalized spacial score (nSPS) is 27.7. The summed E-state index contributed by atoms with van der Waals surface area (Å²) in [5, 5.41) is 4.32. The first kappa shape index (κ1) is 11.9. The van der Waals surface area contributed by atoms with Crippen molar-refractivity contribution in [2.75, 3.05) is 0 Å². The summed E-state index contributed by atoms with van der Waals surface area (Å²) in [4.78, 5) is 12.0. The molecule has 94 valence electrons. The summed E-state index contributed by atoms with van der Waals surface area (Å²) in [6, 6.07) is 7.40. The summed E-state index contributed by atoms with van der Waals surface area (Å²) in [5.41, 5.74) is 4.50. The van der Waals surface area contributed by atoms with Gasteiger partial charge in [0.1, 0.15) is 0 Å². The van der Waals surface area contributed by atoms with Gasteiger partial charge in [0, 0.05) is 10.2 Å². The van der Waals surface area contributed by atoms with E-state index in [0.29, 0.717) is 11.5 Å². The number of nitrogens with one attached hydrogen (secondary N) is 1. The first-order valence-electron chi connectivity index (χ1n) is 6.35. The van der Waals surface area contributed by atoms with E-state index in [4.69, 9.17) is 0 Å². The lowest BCUT2D eigenvalue weighted by Crippen LogP contribution is -2.22. The van der Waals surface area contributed by atoms with Gasteiger partial charge in [-0.2, -0.15) is 5.10 Å². The Morgan fingerprint density at radius 2 is 2.17 bits per heavy atom. The second kappa shape index (κ2) is 4.84. The molecule has 2 aliphatic rings. The summed E-state index contributed by atoms with van der Waals surface area (Å²) in [7, 11) is 0. The second-order valence-corrected chi connectivity index (χ2v) is 5.96. The Labute approximate surface area is 115 Å². The zero-order valence-electron chi connectivity index (χ0n) is 10.0. The van der Waals surface area contributed by atoms with E-state index in [0.717, 1.165) is 16.8 Å². The van der Waals surface area contributed by atoms with Gasteiger partial charge in [0.05, 0.1) is 5.56 Å². The predicted molar refractivity (Wildman–Crippen MR) is 74.5 cm³/mol. The third kappa shape index (κ3) is 2.21. The summed E-state index contributed by atoms with van der Waals surface area (Å²) in [5.74, 6) is 1.29. The monoisotopic (exact) mass is 306 g/mol. The van der Waals surface area contributed by atoms with Crippen molar-refractivity contribution in [1.82, 2.24) is 5.43 Å². The van der Waals surface area contributed by atoms with Gasteiger partial charge < -0.3 is 0 Å². The maximum absolute atomic E-state index is 12.0. The maximum atomic E-state index is 12.0. The minimum absolute atomic E-state index is 0.141. The zero-order chi connectivity index (χ0) is 12.5. The first-order chi connectivity index (χ1) is 8.74. The standard InChI is InChI=1S/C14H15BrN2O/c15-12-4-2-1-3-11(12)14(18)17-16-13-8-9-5-6-10(13)7-9/h1-4,9-10H,5-8H2,(H,17,18). The molecule has 18 heavy (non-hydrogen) atoms. The molecule has 4 heteroatoms. The topological polar surface area (TPSA) is 41.5 Å².